The highest BCUT2D eigenvalue weighted by Gasteiger charge is 2.43. The molecule has 2 fully saturated rings. The van der Waals surface area contributed by atoms with Crippen molar-refractivity contribution in [2.45, 2.75) is 70.1 Å². The van der Waals surface area contributed by atoms with Gasteiger partial charge in [0.1, 0.15) is 49.3 Å². The molecule has 14 nitrogen and oxygen atoms in total. The Kier molecular flexibility index (Phi) is 15.5. The van der Waals surface area contributed by atoms with Gasteiger partial charge in [-0.25, -0.2) is 14.0 Å². The summed E-state index contributed by atoms with van der Waals surface area (Å²) in [6, 6.07) is 34.1. The standard InChI is InChI=1S/C51H56FN3O11/c52-41-3-1-4-42(26-41)54-21-19-44(27-54)65-43-16-14-40(15-17-43)49-47(62-34-39-13-18-46-45(25-39)53(20-2-23-56)22-24-61-46)28-55(50(59)63-32-37-9-5-35(30-57)6-10-37)29-48(49)66-51(60)64-33-38-11-7-36(31-58)8-12-38/h1,3-18,25-26,44,47-49,56-58H,2,19-24,27-34H2. The van der Waals surface area contributed by atoms with E-state index in [1.807, 2.05) is 48.5 Å². The zero-order valence-corrected chi connectivity index (χ0v) is 36.7. The topological polar surface area (TPSA) is 160 Å². The van der Waals surface area contributed by atoms with Crippen molar-refractivity contribution >= 4 is 23.6 Å². The molecule has 66 heavy (non-hydrogen) atoms. The van der Waals surface area contributed by atoms with Gasteiger partial charge in [0.2, 0.25) is 0 Å². The SMILES string of the molecule is O=C(OCc1ccc(CO)cc1)OC1CN(C(=O)OCc2ccc(CO)cc2)CC(OCc2ccc3c(c2)N(CCCO)CCO3)C1c1ccc(OC2CCN(c3cccc(F)c3)C2)cc1. The van der Waals surface area contributed by atoms with Gasteiger partial charge in [0.05, 0.1) is 63.7 Å². The number of aliphatic hydroxyl groups is 3. The molecule has 348 valence electrons. The molecular formula is C51H56FN3O11. The van der Waals surface area contributed by atoms with Gasteiger partial charge >= 0.3 is 12.2 Å². The number of carbonyl (C=O) groups excluding carboxylic acids is 2. The first kappa shape index (κ1) is 46.2. The summed E-state index contributed by atoms with van der Waals surface area (Å²) in [6.07, 6.45) is -1.97. The first-order valence-corrected chi connectivity index (χ1v) is 22.4. The fraction of sp³-hybridized carbons (Fsp3) is 0.373. The van der Waals surface area contributed by atoms with Crippen molar-refractivity contribution < 1.29 is 57.7 Å². The average molecular weight is 906 g/mol. The summed E-state index contributed by atoms with van der Waals surface area (Å²) in [6.45, 7) is 3.18. The monoisotopic (exact) mass is 905 g/mol. The maximum absolute atomic E-state index is 14.0. The van der Waals surface area contributed by atoms with E-state index >= 15 is 0 Å². The Bertz CT molecular complexity index is 2370. The minimum atomic E-state index is -0.947. The number of ether oxygens (including phenoxy) is 6. The lowest BCUT2D eigenvalue weighted by atomic mass is 9.84. The fourth-order valence-electron chi connectivity index (χ4n) is 8.64. The normalized spacial score (nSPS) is 19.2. The molecule has 0 aliphatic carbocycles. The average Bonchev–Trinajstić information content (AvgIpc) is 3.82. The van der Waals surface area contributed by atoms with Crippen LogP contribution in [0.4, 0.5) is 25.4 Å². The molecule has 3 heterocycles. The summed E-state index contributed by atoms with van der Waals surface area (Å²) in [4.78, 5) is 33.3. The molecule has 4 unspecified atom stereocenters. The van der Waals surface area contributed by atoms with Crippen molar-refractivity contribution in [3.63, 3.8) is 0 Å². The van der Waals surface area contributed by atoms with Crippen LogP contribution < -0.4 is 19.3 Å². The van der Waals surface area contributed by atoms with E-state index in [-0.39, 0.29) is 64.7 Å². The molecule has 1 amide bonds. The van der Waals surface area contributed by atoms with Crippen LogP contribution in [0.25, 0.3) is 0 Å². The third-order valence-electron chi connectivity index (χ3n) is 12.2. The first-order chi connectivity index (χ1) is 32.2. The van der Waals surface area contributed by atoms with Gasteiger partial charge < -0.3 is 58.4 Å². The Hall–Kier alpha value is -6.39. The Balaban J connectivity index is 1.04. The molecule has 8 rings (SSSR count). The summed E-state index contributed by atoms with van der Waals surface area (Å²) in [7, 11) is 0. The van der Waals surface area contributed by atoms with E-state index < -0.39 is 30.4 Å². The number of aliphatic hydroxyl groups excluding tert-OH is 3. The number of amides is 1. The smallest absolute Gasteiger partial charge is 0.490 e. The summed E-state index contributed by atoms with van der Waals surface area (Å²) in [5, 5.41) is 28.5. The number of benzene rings is 5. The molecule has 0 radical (unpaired) electrons. The van der Waals surface area contributed by atoms with Crippen LogP contribution in [0.1, 0.15) is 52.1 Å². The van der Waals surface area contributed by atoms with Crippen molar-refractivity contribution in [1.29, 1.82) is 0 Å². The van der Waals surface area contributed by atoms with Gasteiger partial charge in [0, 0.05) is 31.8 Å². The minimum absolute atomic E-state index is 0.0228. The molecule has 3 N–H and O–H groups in total. The molecule has 0 saturated carbocycles. The van der Waals surface area contributed by atoms with E-state index in [4.69, 9.17) is 28.4 Å². The van der Waals surface area contributed by atoms with Crippen LogP contribution in [0.5, 0.6) is 11.5 Å². The number of carbonyl (C=O) groups is 2. The first-order valence-electron chi connectivity index (χ1n) is 22.4. The van der Waals surface area contributed by atoms with E-state index in [1.165, 1.54) is 17.0 Å². The van der Waals surface area contributed by atoms with Gasteiger partial charge in [0.25, 0.3) is 0 Å². The lowest BCUT2D eigenvalue weighted by Crippen LogP contribution is -2.55. The highest BCUT2D eigenvalue weighted by Crippen LogP contribution is 2.37. The quantitative estimate of drug-likeness (QED) is 0.0813. The summed E-state index contributed by atoms with van der Waals surface area (Å²) < 4.78 is 50.7. The van der Waals surface area contributed by atoms with E-state index in [0.29, 0.717) is 44.0 Å². The number of likely N-dealkylation sites (tertiary alicyclic amines) is 1. The largest absolute Gasteiger partial charge is 0.508 e. The van der Waals surface area contributed by atoms with Crippen LogP contribution in [-0.4, -0.2) is 103 Å². The van der Waals surface area contributed by atoms with Crippen molar-refractivity contribution in [2.75, 3.05) is 62.3 Å². The Morgan fingerprint density at radius 1 is 0.712 bits per heavy atom. The molecule has 0 aromatic heterocycles. The van der Waals surface area contributed by atoms with Gasteiger partial charge in [-0.1, -0.05) is 72.8 Å². The van der Waals surface area contributed by atoms with Crippen LogP contribution in [0.2, 0.25) is 0 Å². The van der Waals surface area contributed by atoms with Gasteiger partial charge in [-0.2, -0.15) is 0 Å². The summed E-state index contributed by atoms with van der Waals surface area (Å²) in [5.41, 5.74) is 6.23. The van der Waals surface area contributed by atoms with E-state index in [2.05, 4.69) is 9.80 Å². The van der Waals surface area contributed by atoms with Gasteiger partial charge in [-0.3, -0.25) is 0 Å². The Morgan fingerprint density at radius 3 is 2.09 bits per heavy atom. The summed E-state index contributed by atoms with van der Waals surface area (Å²) >= 11 is 0. The molecule has 5 aromatic carbocycles. The molecule has 0 spiro atoms. The van der Waals surface area contributed by atoms with Crippen LogP contribution in [0.15, 0.2) is 115 Å². The maximum Gasteiger partial charge on any atom is 0.508 e. The number of hydrogen-bond acceptors (Lipinski definition) is 13. The maximum atomic E-state index is 14.0. The lowest BCUT2D eigenvalue weighted by Gasteiger charge is -2.42. The second-order valence-electron chi connectivity index (χ2n) is 16.7. The van der Waals surface area contributed by atoms with E-state index in [1.54, 1.807) is 54.6 Å². The highest BCUT2D eigenvalue weighted by atomic mass is 19.1. The molecular weight excluding hydrogens is 850 g/mol. The van der Waals surface area contributed by atoms with Crippen LogP contribution in [0, 0.1) is 5.82 Å². The summed E-state index contributed by atoms with van der Waals surface area (Å²) in [5.74, 6) is 0.519. The number of nitrogens with zero attached hydrogens (tertiary/aromatic N) is 3. The zero-order chi connectivity index (χ0) is 45.8. The van der Waals surface area contributed by atoms with Crippen LogP contribution in [0.3, 0.4) is 0 Å². The number of rotatable bonds is 17. The minimum Gasteiger partial charge on any atom is -0.490 e. The number of piperidine rings is 1. The van der Waals surface area contributed by atoms with Crippen molar-refractivity contribution in [3.05, 3.63) is 154 Å². The lowest BCUT2D eigenvalue weighted by molar-refractivity contribution is -0.0840. The van der Waals surface area contributed by atoms with Crippen LogP contribution >= 0.6 is 0 Å². The Morgan fingerprint density at radius 2 is 1.39 bits per heavy atom. The third kappa shape index (κ3) is 11.9. The number of fused-ring (bicyclic) bond motifs is 1. The molecule has 3 aliphatic heterocycles. The second-order valence-corrected chi connectivity index (χ2v) is 16.7. The number of hydrogen-bond donors (Lipinski definition) is 3. The van der Waals surface area contributed by atoms with Crippen LogP contribution in [-0.2, 0) is 52.0 Å². The van der Waals surface area contributed by atoms with Gasteiger partial charge in [-0.15, -0.1) is 0 Å². The van der Waals surface area contributed by atoms with Crippen molar-refractivity contribution in [3.8, 4) is 11.5 Å². The van der Waals surface area contributed by atoms with Gasteiger partial charge in [-0.05, 0) is 82.3 Å². The fourth-order valence-corrected chi connectivity index (χ4v) is 8.64. The van der Waals surface area contributed by atoms with Gasteiger partial charge in [0.15, 0.2) is 0 Å². The molecule has 2 saturated heterocycles. The van der Waals surface area contributed by atoms with Crippen molar-refractivity contribution in [1.82, 2.24) is 4.90 Å². The number of halogens is 1. The molecule has 15 heteroatoms. The Labute approximate surface area is 383 Å². The third-order valence-corrected chi connectivity index (χ3v) is 12.2. The number of anilines is 2. The van der Waals surface area contributed by atoms with E-state index in [9.17, 15) is 29.3 Å². The zero-order valence-electron chi connectivity index (χ0n) is 36.7. The predicted molar refractivity (Wildman–Crippen MR) is 243 cm³/mol. The van der Waals surface area contributed by atoms with Crippen molar-refractivity contribution in [2.24, 2.45) is 0 Å². The highest BCUT2D eigenvalue weighted by molar-refractivity contribution is 5.68. The molecule has 5 aromatic rings. The second kappa shape index (κ2) is 22.2. The molecule has 3 aliphatic rings. The predicted octanol–water partition coefficient (Wildman–Crippen LogP) is 7.09. The molecule has 0 bridgehead atoms. The van der Waals surface area contributed by atoms with E-state index in [0.717, 1.165) is 57.9 Å². The molecule has 4 atom stereocenters.